The molecule has 0 fully saturated rings. The van der Waals surface area contributed by atoms with Crippen LogP contribution in [0.25, 0.3) is 0 Å². The Balaban J connectivity index is 2.72. The van der Waals surface area contributed by atoms with Gasteiger partial charge in [0.2, 0.25) is 0 Å². The summed E-state index contributed by atoms with van der Waals surface area (Å²) in [5.41, 5.74) is 0. The van der Waals surface area contributed by atoms with Gasteiger partial charge in [0.05, 0.1) is 0 Å². The third-order valence-electron chi connectivity index (χ3n) is 0.828. The monoisotopic (exact) mass is 116 g/mol. The van der Waals surface area contributed by atoms with E-state index in [2.05, 4.69) is 12.2 Å². The van der Waals surface area contributed by atoms with E-state index in [0.29, 0.717) is 6.04 Å². The predicted octanol–water partition coefficient (Wildman–Crippen LogP) is 0.181. The second kappa shape index (κ2) is 5.06. The molecule has 0 aliphatic heterocycles. The van der Waals surface area contributed by atoms with Gasteiger partial charge in [-0.3, -0.25) is 0 Å². The SMILES string of the molecule is [CH2]C(C)NCCCO. The molecule has 1 atom stereocenters. The summed E-state index contributed by atoms with van der Waals surface area (Å²) in [6.45, 7) is 6.83. The van der Waals surface area contributed by atoms with Gasteiger partial charge >= 0.3 is 0 Å². The van der Waals surface area contributed by atoms with E-state index in [4.69, 9.17) is 5.11 Å². The van der Waals surface area contributed by atoms with Crippen LogP contribution in [0.5, 0.6) is 0 Å². The van der Waals surface area contributed by atoms with Crippen LogP contribution < -0.4 is 5.32 Å². The molecule has 0 bridgehead atoms. The molecular formula is C6H14NO. The Morgan fingerprint density at radius 3 is 2.75 bits per heavy atom. The highest BCUT2D eigenvalue weighted by Gasteiger charge is 1.88. The van der Waals surface area contributed by atoms with E-state index < -0.39 is 0 Å². The van der Waals surface area contributed by atoms with Crippen molar-refractivity contribution >= 4 is 0 Å². The Labute approximate surface area is 50.9 Å². The lowest BCUT2D eigenvalue weighted by molar-refractivity contribution is 0.285. The van der Waals surface area contributed by atoms with Gasteiger partial charge in [0, 0.05) is 12.6 Å². The average molecular weight is 116 g/mol. The lowest BCUT2D eigenvalue weighted by Crippen LogP contribution is -2.24. The van der Waals surface area contributed by atoms with Crippen LogP contribution >= 0.6 is 0 Å². The molecular weight excluding hydrogens is 102 g/mol. The zero-order chi connectivity index (χ0) is 6.41. The Bertz CT molecular complexity index is 45.8. The molecule has 0 aliphatic rings. The van der Waals surface area contributed by atoms with E-state index >= 15 is 0 Å². The highest BCUT2D eigenvalue weighted by Crippen LogP contribution is 1.76. The van der Waals surface area contributed by atoms with Crippen LogP contribution in [0.4, 0.5) is 0 Å². The maximum absolute atomic E-state index is 8.32. The van der Waals surface area contributed by atoms with E-state index in [9.17, 15) is 0 Å². The van der Waals surface area contributed by atoms with Crippen molar-refractivity contribution in [1.82, 2.24) is 5.32 Å². The first-order chi connectivity index (χ1) is 3.77. The van der Waals surface area contributed by atoms with Gasteiger partial charge in [0.1, 0.15) is 0 Å². The Kier molecular flexibility index (Phi) is 5.01. The minimum absolute atomic E-state index is 0.264. The van der Waals surface area contributed by atoms with Gasteiger partial charge in [-0.25, -0.2) is 0 Å². The first-order valence-electron chi connectivity index (χ1n) is 2.94. The molecule has 0 aromatic rings. The minimum Gasteiger partial charge on any atom is -0.396 e. The van der Waals surface area contributed by atoms with Crippen molar-refractivity contribution < 1.29 is 5.11 Å². The van der Waals surface area contributed by atoms with Crippen LogP contribution in [-0.2, 0) is 0 Å². The first kappa shape index (κ1) is 7.92. The van der Waals surface area contributed by atoms with E-state index in [-0.39, 0.29) is 6.61 Å². The second-order valence-corrected chi connectivity index (χ2v) is 1.93. The standard InChI is InChI=1S/C6H14NO/c1-6(2)7-4-3-5-8/h6-8H,1,3-5H2,2H3. The van der Waals surface area contributed by atoms with Gasteiger partial charge in [-0.2, -0.15) is 0 Å². The zero-order valence-corrected chi connectivity index (χ0v) is 5.35. The molecule has 0 amide bonds. The van der Waals surface area contributed by atoms with Gasteiger partial charge in [-0.05, 0) is 26.8 Å². The zero-order valence-electron chi connectivity index (χ0n) is 5.35. The molecule has 0 saturated carbocycles. The first-order valence-corrected chi connectivity index (χ1v) is 2.94. The second-order valence-electron chi connectivity index (χ2n) is 1.93. The average Bonchev–Trinajstić information content (AvgIpc) is 1.66. The van der Waals surface area contributed by atoms with Crippen molar-refractivity contribution in [2.75, 3.05) is 13.2 Å². The molecule has 0 heterocycles. The largest absolute Gasteiger partial charge is 0.396 e. The molecule has 2 N–H and O–H groups in total. The lowest BCUT2D eigenvalue weighted by atomic mass is 10.3. The molecule has 1 radical (unpaired) electrons. The van der Waals surface area contributed by atoms with Gasteiger partial charge in [0.25, 0.3) is 0 Å². The molecule has 0 spiro atoms. The Morgan fingerprint density at radius 1 is 1.75 bits per heavy atom. The van der Waals surface area contributed by atoms with E-state index in [1.54, 1.807) is 0 Å². The molecule has 0 rings (SSSR count). The number of hydrogen-bond donors (Lipinski definition) is 2. The van der Waals surface area contributed by atoms with Gasteiger partial charge in [0.15, 0.2) is 0 Å². The van der Waals surface area contributed by atoms with Crippen molar-refractivity contribution in [2.24, 2.45) is 0 Å². The summed E-state index contributed by atoms with van der Waals surface area (Å²) in [5, 5.41) is 11.4. The third-order valence-corrected chi connectivity index (χ3v) is 0.828. The molecule has 0 saturated heterocycles. The summed E-state index contributed by atoms with van der Waals surface area (Å²) in [4.78, 5) is 0. The predicted molar refractivity (Wildman–Crippen MR) is 34.5 cm³/mol. The van der Waals surface area contributed by atoms with Crippen LogP contribution in [-0.4, -0.2) is 24.3 Å². The van der Waals surface area contributed by atoms with E-state index in [1.807, 2.05) is 6.92 Å². The molecule has 0 aromatic heterocycles. The fraction of sp³-hybridized carbons (Fsp3) is 0.833. The summed E-state index contributed by atoms with van der Waals surface area (Å²) in [6.07, 6.45) is 0.819. The van der Waals surface area contributed by atoms with E-state index in [0.717, 1.165) is 13.0 Å². The molecule has 2 heteroatoms. The van der Waals surface area contributed by atoms with Crippen molar-refractivity contribution in [3.63, 3.8) is 0 Å². The molecule has 2 nitrogen and oxygen atoms in total. The summed E-state index contributed by atoms with van der Waals surface area (Å²) in [6, 6.07) is 0.293. The topological polar surface area (TPSA) is 32.3 Å². The number of rotatable bonds is 4. The smallest absolute Gasteiger partial charge is 0.0443 e. The molecule has 8 heavy (non-hydrogen) atoms. The van der Waals surface area contributed by atoms with Crippen molar-refractivity contribution in [3.8, 4) is 0 Å². The van der Waals surface area contributed by atoms with Crippen LogP contribution in [0.15, 0.2) is 0 Å². The quantitative estimate of drug-likeness (QED) is 0.513. The van der Waals surface area contributed by atoms with Crippen molar-refractivity contribution in [1.29, 1.82) is 0 Å². The van der Waals surface area contributed by atoms with Gasteiger partial charge in [-0.1, -0.05) is 0 Å². The number of aliphatic hydroxyl groups is 1. The summed E-state index contributed by atoms with van der Waals surface area (Å²) >= 11 is 0. The van der Waals surface area contributed by atoms with Gasteiger partial charge in [-0.15, -0.1) is 0 Å². The van der Waals surface area contributed by atoms with Crippen molar-refractivity contribution in [3.05, 3.63) is 6.92 Å². The Hall–Kier alpha value is -0.0800. The number of hydrogen-bond acceptors (Lipinski definition) is 2. The fourth-order valence-electron chi connectivity index (χ4n) is 0.428. The number of nitrogens with one attached hydrogen (secondary N) is 1. The van der Waals surface area contributed by atoms with Crippen molar-refractivity contribution in [2.45, 2.75) is 19.4 Å². The van der Waals surface area contributed by atoms with Crippen LogP contribution in [0, 0.1) is 6.92 Å². The summed E-state index contributed by atoms with van der Waals surface area (Å²) in [7, 11) is 0. The van der Waals surface area contributed by atoms with Gasteiger partial charge < -0.3 is 10.4 Å². The van der Waals surface area contributed by atoms with Crippen LogP contribution in [0.2, 0.25) is 0 Å². The minimum atomic E-state index is 0.264. The summed E-state index contributed by atoms with van der Waals surface area (Å²) in [5.74, 6) is 0. The number of aliphatic hydroxyl groups excluding tert-OH is 1. The summed E-state index contributed by atoms with van der Waals surface area (Å²) < 4.78 is 0. The maximum atomic E-state index is 8.32. The van der Waals surface area contributed by atoms with Crippen LogP contribution in [0.3, 0.4) is 0 Å². The highest BCUT2D eigenvalue weighted by molar-refractivity contribution is 4.60. The van der Waals surface area contributed by atoms with Crippen LogP contribution in [0.1, 0.15) is 13.3 Å². The Morgan fingerprint density at radius 2 is 2.38 bits per heavy atom. The van der Waals surface area contributed by atoms with E-state index in [1.165, 1.54) is 0 Å². The molecule has 1 unspecified atom stereocenters. The molecule has 49 valence electrons. The normalized spacial score (nSPS) is 10.5. The molecule has 0 aromatic carbocycles. The highest BCUT2D eigenvalue weighted by atomic mass is 16.3. The molecule has 0 aliphatic carbocycles. The fourth-order valence-corrected chi connectivity index (χ4v) is 0.428. The third kappa shape index (κ3) is 5.92. The maximum Gasteiger partial charge on any atom is 0.0443 e. The lowest BCUT2D eigenvalue weighted by Gasteiger charge is -2.04.